The Kier molecular flexibility index (Phi) is 8.47. The van der Waals surface area contributed by atoms with Crippen molar-refractivity contribution in [1.82, 2.24) is 18.8 Å². The number of hydrogen-bond acceptors (Lipinski definition) is 9. The van der Waals surface area contributed by atoms with E-state index >= 15 is 0 Å². The highest BCUT2D eigenvalue weighted by Gasteiger charge is 2.39. The van der Waals surface area contributed by atoms with Crippen molar-refractivity contribution in [3.8, 4) is 22.9 Å². The number of aromatic nitrogens is 3. The van der Waals surface area contributed by atoms with Crippen molar-refractivity contribution in [3.63, 3.8) is 0 Å². The van der Waals surface area contributed by atoms with Crippen LogP contribution < -0.4 is 10.3 Å². The molecule has 5 aromatic rings. The van der Waals surface area contributed by atoms with Crippen LogP contribution in [0.25, 0.3) is 32.2 Å². The number of pyridine rings is 1. The van der Waals surface area contributed by atoms with Gasteiger partial charge in [0, 0.05) is 53.7 Å². The number of aromatic carboxylic acids is 1. The Bertz CT molecular complexity index is 2290. The number of sulfonamides is 1. The first-order chi connectivity index (χ1) is 22.3. The summed E-state index contributed by atoms with van der Waals surface area (Å²) in [6.07, 6.45) is 0.202. The lowest BCUT2D eigenvalue weighted by Gasteiger charge is -2.31. The molecule has 47 heavy (non-hydrogen) atoms. The summed E-state index contributed by atoms with van der Waals surface area (Å²) in [6.45, 7) is 0.660. The number of alkyl halides is 2. The third-order valence-corrected chi connectivity index (χ3v) is 11.1. The summed E-state index contributed by atoms with van der Waals surface area (Å²) in [7, 11) is -4.36. The Hall–Kier alpha value is -4.49. The van der Waals surface area contributed by atoms with E-state index in [0.29, 0.717) is 32.1 Å². The van der Waals surface area contributed by atoms with Crippen molar-refractivity contribution < 1.29 is 31.8 Å². The topological polar surface area (TPSA) is 155 Å². The highest BCUT2D eigenvalue weighted by atomic mass is 35.5. The number of aryl methyl sites for hydroxylation is 1. The number of carboxylic acids is 1. The van der Waals surface area contributed by atoms with Crippen LogP contribution in [0.15, 0.2) is 57.7 Å². The van der Waals surface area contributed by atoms with Gasteiger partial charge in [0.25, 0.3) is 11.5 Å². The number of nitriles is 1. The molecule has 16 heteroatoms. The Balaban J connectivity index is 1.33. The molecule has 0 spiro atoms. The quantitative estimate of drug-likeness (QED) is 0.215. The molecular formula is C31H24ClF2N5O6S2. The first-order valence-electron chi connectivity index (χ1n) is 14.2. The molecule has 1 aliphatic rings. The van der Waals surface area contributed by atoms with E-state index in [1.807, 2.05) is 6.07 Å². The van der Waals surface area contributed by atoms with Gasteiger partial charge < -0.3 is 9.84 Å². The Morgan fingerprint density at radius 3 is 2.64 bits per heavy atom. The first-order valence-corrected chi connectivity index (χ1v) is 16.9. The molecule has 4 heterocycles. The Morgan fingerprint density at radius 1 is 1.19 bits per heavy atom. The molecule has 0 atom stereocenters. The van der Waals surface area contributed by atoms with Gasteiger partial charge in [-0.05, 0) is 43.3 Å². The number of carboxylic acid groups (broad SMARTS) is 1. The van der Waals surface area contributed by atoms with Crippen molar-refractivity contribution in [2.45, 2.75) is 37.1 Å². The van der Waals surface area contributed by atoms with E-state index in [-0.39, 0.29) is 35.4 Å². The molecule has 242 valence electrons. The van der Waals surface area contributed by atoms with Crippen molar-refractivity contribution in [3.05, 3.63) is 80.3 Å². The molecule has 11 nitrogen and oxygen atoms in total. The summed E-state index contributed by atoms with van der Waals surface area (Å²) in [5, 5.41) is 21.3. The van der Waals surface area contributed by atoms with Crippen LogP contribution in [0.1, 0.15) is 34.6 Å². The number of nitrogens with zero attached hydrogens (tertiary/aromatic N) is 5. The lowest BCUT2D eigenvalue weighted by atomic mass is 10.0. The van der Waals surface area contributed by atoms with Gasteiger partial charge in [0.05, 0.1) is 38.8 Å². The summed E-state index contributed by atoms with van der Waals surface area (Å²) >= 11 is 7.53. The number of ether oxygens (including phenoxy) is 1. The summed E-state index contributed by atoms with van der Waals surface area (Å²) in [5.74, 6) is -3.40. The van der Waals surface area contributed by atoms with Crippen molar-refractivity contribution >= 4 is 60.0 Å². The van der Waals surface area contributed by atoms with Crippen LogP contribution in [-0.4, -0.2) is 64.0 Å². The Labute approximate surface area is 275 Å². The summed E-state index contributed by atoms with van der Waals surface area (Å²) in [5.41, 5.74) is 0.649. The number of rotatable bonds is 8. The first kappa shape index (κ1) is 32.5. The number of hydrogen-bond donors (Lipinski definition) is 1. The summed E-state index contributed by atoms with van der Waals surface area (Å²) in [6, 6.07) is 11.0. The monoisotopic (exact) mass is 699 g/mol. The molecule has 0 unspecified atom stereocenters. The molecule has 0 amide bonds. The van der Waals surface area contributed by atoms with E-state index in [2.05, 4.69) is 9.97 Å². The van der Waals surface area contributed by atoms with Crippen molar-refractivity contribution in [2.24, 2.45) is 0 Å². The standard InChI is InChI=1S/C31H24ClF2N5O6S2/c1-17-37-23-3-5-25(47(43,44)38-10-7-31(33,34)8-11-38)21(15-35)26(23)29(40)39(17)12-13-45-24-4-2-18(32)14-20(24)19-6-9-36-27-22(30(41)42)16-46-28(19)27/h2-6,9,14,16H,7-8,10-13H2,1H3,(H,41,42). The minimum Gasteiger partial charge on any atom is -0.491 e. The lowest BCUT2D eigenvalue weighted by Crippen LogP contribution is -2.42. The van der Waals surface area contributed by atoms with E-state index in [1.165, 1.54) is 39.6 Å². The Morgan fingerprint density at radius 2 is 1.94 bits per heavy atom. The molecule has 1 N–H and O–H groups in total. The maximum absolute atomic E-state index is 13.8. The van der Waals surface area contributed by atoms with Crippen LogP contribution in [0.3, 0.4) is 0 Å². The molecule has 2 aromatic carbocycles. The normalized spacial score (nSPS) is 15.1. The maximum atomic E-state index is 13.8. The molecule has 1 fully saturated rings. The zero-order valence-electron chi connectivity index (χ0n) is 24.5. The second kappa shape index (κ2) is 12.3. The van der Waals surface area contributed by atoms with Crippen molar-refractivity contribution in [2.75, 3.05) is 19.7 Å². The highest BCUT2D eigenvalue weighted by Crippen LogP contribution is 2.40. The summed E-state index contributed by atoms with van der Waals surface area (Å²) in [4.78, 5) is 33.7. The minimum absolute atomic E-state index is 0.0351. The molecule has 0 radical (unpaired) electrons. The molecule has 0 saturated carbocycles. The smallest absolute Gasteiger partial charge is 0.338 e. The van der Waals surface area contributed by atoms with E-state index in [0.717, 1.165) is 4.31 Å². The van der Waals surface area contributed by atoms with Crippen LogP contribution >= 0.6 is 22.9 Å². The molecule has 0 bridgehead atoms. The predicted octanol–water partition coefficient (Wildman–Crippen LogP) is 5.70. The van der Waals surface area contributed by atoms with Gasteiger partial charge in [0.15, 0.2) is 0 Å². The highest BCUT2D eigenvalue weighted by molar-refractivity contribution is 7.89. The van der Waals surface area contributed by atoms with Crippen LogP contribution in [-0.2, 0) is 16.6 Å². The van der Waals surface area contributed by atoms with Crippen LogP contribution in [0, 0.1) is 18.3 Å². The fraction of sp³-hybridized carbons (Fsp3) is 0.258. The molecule has 0 aliphatic carbocycles. The van der Waals surface area contributed by atoms with Crippen LogP contribution in [0.5, 0.6) is 5.75 Å². The number of fused-ring (bicyclic) bond motifs is 2. The fourth-order valence-electron chi connectivity index (χ4n) is 5.56. The lowest BCUT2D eigenvalue weighted by molar-refractivity contribution is -0.0412. The number of carbonyl (C=O) groups is 1. The molecule has 3 aromatic heterocycles. The van der Waals surface area contributed by atoms with E-state index in [1.54, 1.807) is 31.2 Å². The van der Waals surface area contributed by atoms with E-state index in [4.69, 9.17) is 16.3 Å². The van der Waals surface area contributed by atoms with Gasteiger partial charge in [-0.3, -0.25) is 14.3 Å². The second-order valence-corrected chi connectivity index (χ2v) is 14.0. The number of thiophene rings is 1. The van der Waals surface area contributed by atoms with E-state index in [9.17, 15) is 37.2 Å². The van der Waals surface area contributed by atoms with Crippen LogP contribution in [0.4, 0.5) is 8.78 Å². The number of benzene rings is 2. The van der Waals surface area contributed by atoms with Gasteiger partial charge in [-0.25, -0.2) is 27.0 Å². The third-order valence-electron chi connectivity index (χ3n) is 7.95. The van der Waals surface area contributed by atoms with Gasteiger partial charge in [-0.1, -0.05) is 11.6 Å². The maximum Gasteiger partial charge on any atom is 0.338 e. The largest absolute Gasteiger partial charge is 0.491 e. The van der Waals surface area contributed by atoms with Crippen LogP contribution in [0.2, 0.25) is 5.02 Å². The minimum atomic E-state index is -4.36. The fourth-order valence-corrected chi connectivity index (χ4v) is 8.35. The zero-order chi connectivity index (χ0) is 33.7. The molecule has 1 aliphatic heterocycles. The van der Waals surface area contributed by atoms with Gasteiger partial charge in [-0.15, -0.1) is 11.3 Å². The molecule has 6 rings (SSSR count). The SMILES string of the molecule is Cc1nc2ccc(S(=O)(=O)N3CCC(F)(F)CC3)c(C#N)c2c(=O)n1CCOc1ccc(Cl)cc1-c1ccnc2c(C(=O)O)csc12. The van der Waals surface area contributed by atoms with Gasteiger partial charge >= 0.3 is 5.97 Å². The zero-order valence-corrected chi connectivity index (χ0v) is 26.9. The third kappa shape index (κ3) is 5.93. The average molecular weight is 700 g/mol. The summed E-state index contributed by atoms with van der Waals surface area (Å²) < 4.78 is 63.2. The molecular weight excluding hydrogens is 676 g/mol. The van der Waals surface area contributed by atoms with Gasteiger partial charge in [0.2, 0.25) is 10.0 Å². The number of piperidine rings is 1. The number of halogens is 3. The van der Waals surface area contributed by atoms with Gasteiger partial charge in [0.1, 0.15) is 29.1 Å². The van der Waals surface area contributed by atoms with Gasteiger partial charge in [-0.2, -0.15) is 9.57 Å². The molecule has 1 saturated heterocycles. The predicted molar refractivity (Wildman–Crippen MR) is 171 cm³/mol. The second-order valence-electron chi connectivity index (χ2n) is 10.8. The van der Waals surface area contributed by atoms with Crippen molar-refractivity contribution in [1.29, 1.82) is 5.26 Å². The average Bonchev–Trinajstić information content (AvgIpc) is 3.47. The van der Waals surface area contributed by atoms with E-state index < -0.39 is 63.9 Å².